The molecule has 0 amide bonds. The monoisotopic (exact) mass is 485 g/mol. The summed E-state index contributed by atoms with van der Waals surface area (Å²) in [7, 11) is 0. The first-order chi connectivity index (χ1) is 17.1. The van der Waals surface area contributed by atoms with Gasteiger partial charge in [0.1, 0.15) is 5.82 Å². The van der Waals surface area contributed by atoms with Crippen molar-refractivity contribution in [3.63, 3.8) is 0 Å². The number of aromatic amines is 1. The number of hydrogen-bond donors (Lipinski definition) is 1. The molecule has 178 valence electrons. The minimum absolute atomic E-state index is 0.230. The molecule has 0 aliphatic carbocycles. The van der Waals surface area contributed by atoms with Gasteiger partial charge in [0.2, 0.25) is 0 Å². The summed E-state index contributed by atoms with van der Waals surface area (Å²) < 4.78 is 1.30. The normalized spacial score (nSPS) is 14.3. The van der Waals surface area contributed by atoms with Crippen LogP contribution in [0.4, 0.5) is 5.82 Å². The quantitative estimate of drug-likeness (QED) is 0.407. The predicted octanol–water partition coefficient (Wildman–Crippen LogP) is 5.21. The second kappa shape index (κ2) is 10.4. The number of rotatable bonds is 6. The summed E-state index contributed by atoms with van der Waals surface area (Å²) in [5.41, 5.74) is 3.16. The van der Waals surface area contributed by atoms with Crippen LogP contribution in [0.3, 0.4) is 0 Å². The SMILES string of the molecule is O=c1[nH]c(N2CCC(c3ccccc3)CC2)c(Cc2cccc(Cl)c2)c(=O)n1Cc1ccccc1. The van der Waals surface area contributed by atoms with Crippen LogP contribution in [0.15, 0.2) is 94.5 Å². The van der Waals surface area contributed by atoms with Crippen LogP contribution in [0, 0.1) is 0 Å². The molecule has 0 saturated carbocycles. The fraction of sp³-hybridized carbons (Fsp3) is 0.241. The topological polar surface area (TPSA) is 58.1 Å². The number of halogens is 1. The van der Waals surface area contributed by atoms with Crippen LogP contribution in [0.2, 0.25) is 5.02 Å². The molecule has 1 aromatic heterocycles. The summed E-state index contributed by atoms with van der Waals surface area (Å²) in [6.45, 7) is 1.79. The zero-order chi connectivity index (χ0) is 24.2. The van der Waals surface area contributed by atoms with Gasteiger partial charge in [-0.05, 0) is 47.6 Å². The van der Waals surface area contributed by atoms with Gasteiger partial charge in [-0.15, -0.1) is 0 Å². The van der Waals surface area contributed by atoms with Crippen LogP contribution in [0.5, 0.6) is 0 Å². The van der Waals surface area contributed by atoms with Crippen molar-refractivity contribution in [3.05, 3.63) is 133 Å². The van der Waals surface area contributed by atoms with Crippen molar-refractivity contribution in [3.8, 4) is 0 Å². The van der Waals surface area contributed by atoms with E-state index >= 15 is 0 Å². The lowest BCUT2D eigenvalue weighted by atomic mass is 9.89. The summed E-state index contributed by atoms with van der Waals surface area (Å²) in [6.07, 6.45) is 2.34. The van der Waals surface area contributed by atoms with E-state index in [4.69, 9.17) is 11.6 Å². The maximum atomic E-state index is 13.7. The Balaban J connectivity index is 1.50. The van der Waals surface area contributed by atoms with Gasteiger partial charge < -0.3 is 4.90 Å². The van der Waals surface area contributed by atoms with Crippen molar-refractivity contribution in [1.82, 2.24) is 9.55 Å². The number of hydrogen-bond acceptors (Lipinski definition) is 3. The molecule has 5 rings (SSSR count). The average Bonchev–Trinajstić information content (AvgIpc) is 2.89. The Labute approximate surface area is 209 Å². The third-order valence-electron chi connectivity index (χ3n) is 6.80. The number of benzene rings is 3. The van der Waals surface area contributed by atoms with E-state index in [2.05, 4.69) is 34.1 Å². The first-order valence-electron chi connectivity index (χ1n) is 12.0. The summed E-state index contributed by atoms with van der Waals surface area (Å²) in [5, 5.41) is 0.627. The lowest BCUT2D eigenvalue weighted by Gasteiger charge is -2.34. The highest BCUT2D eigenvalue weighted by atomic mass is 35.5. The molecule has 3 aromatic carbocycles. The molecule has 1 saturated heterocycles. The maximum Gasteiger partial charge on any atom is 0.330 e. The predicted molar refractivity (Wildman–Crippen MR) is 142 cm³/mol. The Hall–Kier alpha value is -3.57. The van der Waals surface area contributed by atoms with Crippen LogP contribution in [-0.4, -0.2) is 22.6 Å². The molecule has 1 aliphatic rings. The Morgan fingerprint density at radius 1 is 0.829 bits per heavy atom. The smallest absolute Gasteiger partial charge is 0.330 e. The third kappa shape index (κ3) is 5.25. The summed E-state index contributed by atoms with van der Waals surface area (Å²) in [6, 6.07) is 27.7. The number of anilines is 1. The van der Waals surface area contributed by atoms with Gasteiger partial charge in [0.05, 0.1) is 12.1 Å². The molecule has 0 radical (unpaired) electrons. The Morgan fingerprint density at radius 2 is 1.49 bits per heavy atom. The van der Waals surface area contributed by atoms with E-state index in [0.29, 0.717) is 28.7 Å². The highest BCUT2D eigenvalue weighted by Crippen LogP contribution is 2.30. The lowest BCUT2D eigenvalue weighted by molar-refractivity contribution is 0.499. The van der Waals surface area contributed by atoms with E-state index in [1.807, 2.05) is 60.7 Å². The maximum absolute atomic E-state index is 13.7. The highest BCUT2D eigenvalue weighted by Gasteiger charge is 2.25. The first-order valence-corrected chi connectivity index (χ1v) is 12.4. The Bertz CT molecular complexity index is 1410. The van der Waals surface area contributed by atoms with Gasteiger partial charge in [-0.2, -0.15) is 0 Å². The molecule has 0 spiro atoms. The van der Waals surface area contributed by atoms with E-state index in [1.165, 1.54) is 10.1 Å². The molecular formula is C29H28ClN3O2. The van der Waals surface area contributed by atoms with E-state index in [-0.39, 0.29) is 17.8 Å². The summed E-state index contributed by atoms with van der Waals surface area (Å²) >= 11 is 6.23. The van der Waals surface area contributed by atoms with Crippen LogP contribution in [0.25, 0.3) is 0 Å². The van der Waals surface area contributed by atoms with Crippen LogP contribution in [-0.2, 0) is 13.0 Å². The minimum atomic E-state index is -0.381. The van der Waals surface area contributed by atoms with Gasteiger partial charge in [-0.1, -0.05) is 84.4 Å². The van der Waals surface area contributed by atoms with Gasteiger partial charge in [0.15, 0.2) is 0 Å². The molecule has 0 bridgehead atoms. The van der Waals surface area contributed by atoms with Gasteiger partial charge in [0, 0.05) is 24.5 Å². The molecule has 0 atom stereocenters. The summed E-state index contributed by atoms with van der Waals surface area (Å²) in [5.74, 6) is 1.12. The fourth-order valence-electron chi connectivity index (χ4n) is 4.95. The fourth-order valence-corrected chi connectivity index (χ4v) is 5.17. The third-order valence-corrected chi connectivity index (χ3v) is 7.03. The second-order valence-corrected chi connectivity index (χ2v) is 9.55. The lowest BCUT2D eigenvalue weighted by Crippen LogP contribution is -2.42. The standard InChI is InChI=1S/C29H28ClN3O2/c30-25-13-7-10-22(18-25)19-26-27(32-16-14-24(15-17-32)23-11-5-2-6-12-23)31-29(35)33(28(26)34)20-21-8-3-1-4-9-21/h1-13,18,24H,14-17,19-20H2,(H,31,35). The Kier molecular flexibility index (Phi) is 6.87. The molecule has 1 fully saturated rings. The van der Waals surface area contributed by atoms with Crippen molar-refractivity contribution in [2.24, 2.45) is 0 Å². The van der Waals surface area contributed by atoms with Crippen molar-refractivity contribution in [1.29, 1.82) is 0 Å². The number of nitrogens with zero attached hydrogens (tertiary/aromatic N) is 2. The number of nitrogens with one attached hydrogen (secondary N) is 1. The van der Waals surface area contributed by atoms with Gasteiger partial charge >= 0.3 is 5.69 Å². The minimum Gasteiger partial charge on any atom is -0.358 e. The molecule has 2 heterocycles. The van der Waals surface area contributed by atoms with Gasteiger partial charge in [-0.25, -0.2) is 4.79 Å². The van der Waals surface area contributed by atoms with E-state index in [0.717, 1.165) is 37.1 Å². The zero-order valence-electron chi connectivity index (χ0n) is 19.5. The van der Waals surface area contributed by atoms with E-state index < -0.39 is 0 Å². The number of H-pyrrole nitrogens is 1. The number of piperidine rings is 1. The zero-order valence-corrected chi connectivity index (χ0v) is 20.2. The molecule has 0 unspecified atom stereocenters. The molecule has 35 heavy (non-hydrogen) atoms. The molecule has 4 aromatic rings. The molecule has 6 heteroatoms. The molecular weight excluding hydrogens is 458 g/mol. The van der Waals surface area contributed by atoms with E-state index in [9.17, 15) is 9.59 Å². The van der Waals surface area contributed by atoms with Gasteiger partial charge in [-0.3, -0.25) is 14.3 Å². The van der Waals surface area contributed by atoms with Crippen LogP contribution in [0.1, 0.15) is 41.0 Å². The molecule has 1 N–H and O–H groups in total. The van der Waals surface area contributed by atoms with Gasteiger partial charge in [0.25, 0.3) is 5.56 Å². The van der Waals surface area contributed by atoms with Crippen LogP contribution >= 0.6 is 11.6 Å². The highest BCUT2D eigenvalue weighted by molar-refractivity contribution is 6.30. The van der Waals surface area contributed by atoms with Crippen molar-refractivity contribution >= 4 is 17.4 Å². The van der Waals surface area contributed by atoms with Crippen LogP contribution < -0.4 is 16.1 Å². The number of aromatic nitrogens is 2. The van der Waals surface area contributed by atoms with Crippen molar-refractivity contribution < 1.29 is 0 Å². The average molecular weight is 486 g/mol. The van der Waals surface area contributed by atoms with Crippen molar-refractivity contribution in [2.75, 3.05) is 18.0 Å². The van der Waals surface area contributed by atoms with E-state index in [1.54, 1.807) is 0 Å². The molecule has 5 nitrogen and oxygen atoms in total. The molecule has 1 aliphatic heterocycles. The summed E-state index contributed by atoms with van der Waals surface area (Å²) in [4.78, 5) is 32.1. The largest absolute Gasteiger partial charge is 0.358 e. The Morgan fingerprint density at radius 3 is 2.17 bits per heavy atom. The van der Waals surface area contributed by atoms with Crippen molar-refractivity contribution in [2.45, 2.75) is 31.7 Å². The second-order valence-electron chi connectivity index (χ2n) is 9.11. The first kappa shape index (κ1) is 23.2.